The minimum atomic E-state index is -1.04. The number of nitrogens with two attached hydrogens (primary N) is 1. The Morgan fingerprint density at radius 3 is 2.38 bits per heavy atom. The molecule has 5 N–H and O–H groups in total. The lowest BCUT2D eigenvalue weighted by atomic mass is 10.0. The lowest BCUT2D eigenvalue weighted by Crippen LogP contribution is -2.42. The average Bonchev–Trinajstić information content (AvgIpc) is 2.43. The van der Waals surface area contributed by atoms with Crippen LogP contribution in [0.3, 0.4) is 0 Å². The van der Waals surface area contributed by atoms with Crippen LogP contribution in [0.2, 0.25) is 0 Å². The Labute approximate surface area is 77.1 Å². The van der Waals surface area contributed by atoms with Gasteiger partial charge in [0.25, 0.3) is 0 Å². The summed E-state index contributed by atoms with van der Waals surface area (Å²) < 4.78 is 5.26. The van der Waals surface area contributed by atoms with Crippen LogP contribution in [0.1, 0.15) is 13.3 Å². The van der Waals surface area contributed by atoms with Crippen molar-refractivity contribution >= 4 is 0 Å². The lowest BCUT2D eigenvalue weighted by Gasteiger charge is -2.19. The van der Waals surface area contributed by atoms with Crippen LogP contribution in [0.15, 0.2) is 0 Å². The van der Waals surface area contributed by atoms with E-state index in [2.05, 4.69) is 0 Å². The van der Waals surface area contributed by atoms with E-state index in [9.17, 15) is 15.3 Å². The maximum absolute atomic E-state index is 9.47. The highest BCUT2D eigenvalue weighted by Gasteiger charge is 2.44. The Bertz CT molecular complexity index is 166. The van der Waals surface area contributed by atoms with Crippen molar-refractivity contribution in [3.05, 3.63) is 0 Å². The molecule has 5 nitrogen and oxygen atoms in total. The minimum Gasteiger partial charge on any atom is -0.389 e. The quantitative estimate of drug-likeness (QED) is 0.422. The van der Waals surface area contributed by atoms with Gasteiger partial charge < -0.3 is 25.8 Å². The fourth-order valence-corrected chi connectivity index (χ4v) is 1.57. The molecular formula is C8H17NO4. The van der Waals surface area contributed by atoms with Crippen LogP contribution < -0.4 is 5.73 Å². The van der Waals surface area contributed by atoms with Gasteiger partial charge in [-0.15, -0.1) is 0 Å². The summed E-state index contributed by atoms with van der Waals surface area (Å²) in [5.41, 5.74) is 5.22. The van der Waals surface area contributed by atoms with Crippen molar-refractivity contribution in [3.63, 3.8) is 0 Å². The molecule has 0 radical (unpaired) electrons. The van der Waals surface area contributed by atoms with Crippen LogP contribution in [0, 0.1) is 0 Å². The van der Waals surface area contributed by atoms with Gasteiger partial charge >= 0.3 is 0 Å². The standard InChI is InChI=1S/C8H17NO4/c1-2-5-6(11)7(12)8(13-5)4(10)3-9/h4-8,10-12H,2-3,9H2,1H3/t4?,5?,6-,7-,8?/m1/s1. The Balaban J connectivity index is 2.60. The molecule has 13 heavy (non-hydrogen) atoms. The number of aliphatic hydroxyl groups excluding tert-OH is 3. The van der Waals surface area contributed by atoms with Crippen molar-refractivity contribution < 1.29 is 20.1 Å². The predicted octanol–water partition coefficient (Wildman–Crippen LogP) is -1.79. The Morgan fingerprint density at radius 2 is 2.00 bits per heavy atom. The Kier molecular flexibility index (Phi) is 3.63. The molecule has 5 atom stereocenters. The zero-order valence-electron chi connectivity index (χ0n) is 7.63. The zero-order valence-corrected chi connectivity index (χ0v) is 7.63. The van der Waals surface area contributed by atoms with Crippen LogP contribution in [0.5, 0.6) is 0 Å². The fraction of sp³-hybridized carbons (Fsp3) is 1.00. The normalized spacial score (nSPS) is 42.2. The summed E-state index contributed by atoms with van der Waals surface area (Å²) in [5.74, 6) is 0. The first kappa shape index (κ1) is 10.9. The molecule has 0 aromatic carbocycles. The summed E-state index contributed by atoms with van der Waals surface area (Å²) in [4.78, 5) is 0. The monoisotopic (exact) mass is 191 g/mol. The first-order valence-corrected chi connectivity index (χ1v) is 4.51. The smallest absolute Gasteiger partial charge is 0.114 e. The van der Waals surface area contributed by atoms with Gasteiger partial charge in [-0.3, -0.25) is 0 Å². The van der Waals surface area contributed by atoms with Gasteiger partial charge in [0.2, 0.25) is 0 Å². The zero-order chi connectivity index (χ0) is 10.0. The molecule has 5 heteroatoms. The minimum absolute atomic E-state index is 0.0187. The SMILES string of the molecule is CCC1OC(C(O)CN)[C@H](O)[C@@H]1O. The molecule has 78 valence electrons. The van der Waals surface area contributed by atoms with E-state index in [1.807, 2.05) is 6.92 Å². The molecule has 1 heterocycles. The highest BCUT2D eigenvalue weighted by molar-refractivity contribution is 4.93. The van der Waals surface area contributed by atoms with Crippen LogP contribution in [-0.4, -0.2) is 52.4 Å². The summed E-state index contributed by atoms with van der Waals surface area (Å²) in [6.45, 7) is 1.86. The van der Waals surface area contributed by atoms with E-state index in [1.54, 1.807) is 0 Å². The van der Waals surface area contributed by atoms with Crippen LogP contribution in [-0.2, 0) is 4.74 Å². The molecule has 1 aliphatic rings. The van der Waals surface area contributed by atoms with E-state index in [1.165, 1.54) is 0 Å². The molecule has 0 bridgehead atoms. The van der Waals surface area contributed by atoms with E-state index >= 15 is 0 Å². The molecule has 0 aromatic heterocycles. The molecule has 3 unspecified atom stereocenters. The third kappa shape index (κ3) is 2.00. The van der Waals surface area contributed by atoms with Crippen molar-refractivity contribution in [1.29, 1.82) is 0 Å². The lowest BCUT2D eigenvalue weighted by molar-refractivity contribution is -0.0617. The summed E-state index contributed by atoms with van der Waals surface area (Å²) >= 11 is 0. The first-order chi connectivity index (χ1) is 6.11. The first-order valence-electron chi connectivity index (χ1n) is 4.51. The summed E-state index contributed by atoms with van der Waals surface area (Å²) in [6.07, 6.45) is -3.43. The molecule has 0 saturated carbocycles. The van der Waals surface area contributed by atoms with Gasteiger partial charge in [-0.05, 0) is 6.42 Å². The second kappa shape index (κ2) is 4.34. The van der Waals surface area contributed by atoms with Crippen LogP contribution in [0.25, 0.3) is 0 Å². The van der Waals surface area contributed by atoms with Crippen molar-refractivity contribution in [2.24, 2.45) is 5.73 Å². The third-order valence-electron chi connectivity index (χ3n) is 2.42. The van der Waals surface area contributed by atoms with Gasteiger partial charge in [-0.2, -0.15) is 0 Å². The second-order valence-corrected chi connectivity index (χ2v) is 3.33. The number of hydrogen-bond acceptors (Lipinski definition) is 5. The summed E-state index contributed by atoms with van der Waals surface area (Å²) in [6, 6.07) is 0. The van der Waals surface area contributed by atoms with Crippen molar-refractivity contribution in [3.8, 4) is 0 Å². The molecule has 0 aliphatic carbocycles. The third-order valence-corrected chi connectivity index (χ3v) is 2.42. The van der Waals surface area contributed by atoms with Crippen molar-refractivity contribution in [2.45, 2.75) is 43.9 Å². The van der Waals surface area contributed by atoms with E-state index in [0.717, 1.165) is 0 Å². The molecule has 0 spiro atoms. The molecule has 0 amide bonds. The largest absolute Gasteiger partial charge is 0.389 e. The second-order valence-electron chi connectivity index (χ2n) is 3.33. The maximum atomic E-state index is 9.47. The van der Waals surface area contributed by atoms with Gasteiger partial charge in [0.05, 0.1) is 12.2 Å². The van der Waals surface area contributed by atoms with E-state index in [0.29, 0.717) is 6.42 Å². The summed E-state index contributed by atoms with van der Waals surface area (Å²) in [5, 5.41) is 28.3. The topological polar surface area (TPSA) is 95.9 Å². The number of ether oxygens (including phenoxy) is 1. The van der Waals surface area contributed by atoms with E-state index in [-0.39, 0.29) is 6.54 Å². The number of rotatable bonds is 3. The maximum Gasteiger partial charge on any atom is 0.114 e. The van der Waals surface area contributed by atoms with E-state index < -0.39 is 30.5 Å². The van der Waals surface area contributed by atoms with Crippen LogP contribution >= 0.6 is 0 Å². The predicted molar refractivity (Wildman–Crippen MR) is 46.0 cm³/mol. The van der Waals surface area contributed by atoms with E-state index in [4.69, 9.17) is 10.5 Å². The molecule has 1 rings (SSSR count). The Morgan fingerprint density at radius 1 is 1.38 bits per heavy atom. The van der Waals surface area contributed by atoms with Gasteiger partial charge in [-0.1, -0.05) is 6.92 Å². The molecule has 1 fully saturated rings. The average molecular weight is 191 g/mol. The highest BCUT2D eigenvalue weighted by atomic mass is 16.6. The van der Waals surface area contributed by atoms with Gasteiger partial charge in [0, 0.05) is 6.54 Å². The Hall–Kier alpha value is -0.200. The van der Waals surface area contributed by atoms with Gasteiger partial charge in [0.1, 0.15) is 18.3 Å². The number of aliphatic hydroxyl groups is 3. The van der Waals surface area contributed by atoms with Crippen LogP contribution in [0.4, 0.5) is 0 Å². The summed E-state index contributed by atoms with van der Waals surface area (Å²) in [7, 11) is 0. The van der Waals surface area contributed by atoms with Crippen molar-refractivity contribution in [1.82, 2.24) is 0 Å². The molecule has 1 aliphatic heterocycles. The molecule has 0 aromatic rings. The van der Waals surface area contributed by atoms with Crippen molar-refractivity contribution in [2.75, 3.05) is 6.54 Å². The van der Waals surface area contributed by atoms with Gasteiger partial charge in [-0.25, -0.2) is 0 Å². The highest BCUT2D eigenvalue weighted by Crippen LogP contribution is 2.25. The number of hydrogen-bond donors (Lipinski definition) is 4. The fourth-order valence-electron chi connectivity index (χ4n) is 1.57. The molecular weight excluding hydrogens is 174 g/mol. The van der Waals surface area contributed by atoms with Gasteiger partial charge in [0.15, 0.2) is 0 Å². The molecule has 1 saturated heterocycles.